The van der Waals surface area contributed by atoms with Gasteiger partial charge in [-0.05, 0) is 51.5 Å². The van der Waals surface area contributed by atoms with Gasteiger partial charge in [0.05, 0.1) is 28.3 Å². The molecule has 0 aromatic carbocycles. The molecule has 1 aliphatic carbocycles. The Labute approximate surface area is 189 Å². The number of thiazole rings is 1. The molecule has 4 heterocycles. The Hall–Kier alpha value is -2.36. The number of nitrogens with one attached hydrogen (secondary N) is 1. The van der Waals surface area contributed by atoms with Gasteiger partial charge in [0.2, 0.25) is 0 Å². The zero-order valence-corrected chi connectivity index (χ0v) is 19.3. The van der Waals surface area contributed by atoms with Crippen molar-refractivity contribution in [3.8, 4) is 21.0 Å². The maximum absolute atomic E-state index is 9.40. The first-order chi connectivity index (χ1) is 15.1. The van der Waals surface area contributed by atoms with Crippen LogP contribution in [0.4, 0.5) is 5.69 Å². The minimum absolute atomic E-state index is 0.278. The van der Waals surface area contributed by atoms with Crippen LogP contribution < -0.4 is 5.32 Å². The molecule has 162 valence electrons. The molecule has 31 heavy (non-hydrogen) atoms. The highest BCUT2D eigenvalue weighted by atomic mass is 32.1. The summed E-state index contributed by atoms with van der Waals surface area (Å²) in [5.41, 5.74) is 4.73. The predicted molar refractivity (Wildman–Crippen MR) is 127 cm³/mol. The highest BCUT2D eigenvalue weighted by Gasteiger charge is 2.24. The lowest BCUT2D eigenvalue weighted by molar-refractivity contribution is 0.164. The lowest BCUT2D eigenvalue weighted by atomic mass is 9.87. The van der Waals surface area contributed by atoms with Crippen LogP contribution >= 0.6 is 22.7 Å². The van der Waals surface area contributed by atoms with Gasteiger partial charge in [0.15, 0.2) is 0 Å². The second-order valence-corrected chi connectivity index (χ2v) is 10.4. The molecule has 1 saturated carbocycles. The van der Waals surface area contributed by atoms with Crippen LogP contribution in [-0.4, -0.2) is 42.7 Å². The maximum Gasteiger partial charge on any atom is 0.125 e. The van der Waals surface area contributed by atoms with E-state index in [1.165, 1.54) is 4.88 Å². The Morgan fingerprint density at radius 2 is 2.03 bits per heavy atom. The number of nitrogens with zero attached hydrogens (tertiary/aromatic N) is 5. The molecule has 0 radical (unpaired) electrons. The largest absolute Gasteiger partial charge is 0.396 e. The van der Waals surface area contributed by atoms with Crippen molar-refractivity contribution < 1.29 is 5.11 Å². The number of anilines is 1. The van der Waals surface area contributed by atoms with E-state index in [0.717, 1.165) is 57.7 Å². The van der Waals surface area contributed by atoms with Gasteiger partial charge in [-0.2, -0.15) is 0 Å². The first-order valence-corrected chi connectivity index (χ1v) is 12.4. The molecule has 0 saturated heterocycles. The van der Waals surface area contributed by atoms with Crippen LogP contribution in [0.5, 0.6) is 0 Å². The Bertz CT molecular complexity index is 1160. The van der Waals surface area contributed by atoms with Gasteiger partial charge in [-0.25, -0.2) is 9.67 Å². The smallest absolute Gasteiger partial charge is 0.125 e. The van der Waals surface area contributed by atoms with Crippen molar-refractivity contribution in [2.24, 2.45) is 5.92 Å². The van der Waals surface area contributed by atoms with Crippen LogP contribution in [0.2, 0.25) is 0 Å². The molecule has 4 aromatic rings. The highest BCUT2D eigenvalue weighted by molar-refractivity contribution is 7.25. The predicted octanol–water partition coefficient (Wildman–Crippen LogP) is 5.22. The van der Waals surface area contributed by atoms with Crippen molar-refractivity contribution >= 4 is 38.6 Å². The van der Waals surface area contributed by atoms with Crippen molar-refractivity contribution in [1.29, 1.82) is 0 Å². The fraction of sp³-hybridized carbons (Fsp3) is 0.455. The van der Waals surface area contributed by atoms with Crippen molar-refractivity contribution in [3.63, 3.8) is 0 Å². The van der Waals surface area contributed by atoms with Crippen LogP contribution in [-0.2, 0) is 0 Å². The number of pyridine rings is 1. The molecule has 4 aromatic heterocycles. The topological polar surface area (TPSA) is 88.8 Å². The van der Waals surface area contributed by atoms with Gasteiger partial charge in [0.1, 0.15) is 10.5 Å². The minimum atomic E-state index is 0.278. The lowest BCUT2D eigenvalue weighted by Gasteiger charge is -2.26. The summed E-state index contributed by atoms with van der Waals surface area (Å²) in [6, 6.07) is 2.83. The molecule has 5 rings (SSSR count). The third-order valence-corrected chi connectivity index (χ3v) is 7.92. The van der Waals surface area contributed by atoms with Gasteiger partial charge in [-0.1, -0.05) is 5.21 Å². The molecule has 0 aliphatic heterocycles. The van der Waals surface area contributed by atoms with Crippen molar-refractivity contribution in [2.45, 2.75) is 51.6 Å². The normalized spacial score (nSPS) is 19.4. The summed E-state index contributed by atoms with van der Waals surface area (Å²) in [7, 11) is 0. The molecule has 9 heteroatoms. The first-order valence-electron chi connectivity index (χ1n) is 10.7. The summed E-state index contributed by atoms with van der Waals surface area (Å²) in [6.45, 7) is 4.57. The fourth-order valence-corrected chi connectivity index (χ4v) is 5.97. The Balaban J connectivity index is 1.51. The molecule has 0 atom stereocenters. The molecule has 0 unspecified atom stereocenters. The van der Waals surface area contributed by atoms with E-state index < -0.39 is 0 Å². The minimum Gasteiger partial charge on any atom is -0.396 e. The highest BCUT2D eigenvalue weighted by Crippen LogP contribution is 2.41. The van der Waals surface area contributed by atoms with Crippen molar-refractivity contribution in [3.05, 3.63) is 30.2 Å². The standard InChI is InChI=1S/C22H26N6OS2/c1-13(2)25-21-16-7-19(20-9-23-12-30-20)31-22(16)24-8-17(21)18-10-28(27-26-18)15-5-3-14(11-29)4-6-15/h7-10,12-15,29H,3-6,11H2,1-2H3,(H,24,25)/t14-,15-. The van der Waals surface area contributed by atoms with Gasteiger partial charge >= 0.3 is 0 Å². The van der Waals surface area contributed by atoms with Gasteiger partial charge in [-0.15, -0.1) is 27.8 Å². The van der Waals surface area contributed by atoms with E-state index in [1.807, 2.05) is 22.6 Å². The average molecular weight is 455 g/mol. The summed E-state index contributed by atoms with van der Waals surface area (Å²) in [5, 5.41) is 23.1. The number of aliphatic hydroxyl groups is 1. The number of hydrogen-bond donors (Lipinski definition) is 2. The van der Waals surface area contributed by atoms with Gasteiger partial charge in [-0.3, -0.25) is 4.98 Å². The molecule has 2 N–H and O–H groups in total. The van der Waals surface area contributed by atoms with E-state index in [0.29, 0.717) is 12.0 Å². The molecule has 7 nitrogen and oxygen atoms in total. The number of thiophene rings is 1. The molecule has 1 aliphatic rings. The van der Waals surface area contributed by atoms with E-state index in [1.54, 1.807) is 22.7 Å². The number of rotatable bonds is 6. The van der Waals surface area contributed by atoms with Crippen LogP contribution in [0.15, 0.2) is 30.2 Å². The zero-order chi connectivity index (χ0) is 21.4. The molecular weight excluding hydrogens is 428 g/mol. The number of fused-ring (bicyclic) bond motifs is 1. The van der Waals surface area contributed by atoms with Gasteiger partial charge < -0.3 is 10.4 Å². The first kappa shape index (κ1) is 20.5. The van der Waals surface area contributed by atoms with Crippen LogP contribution in [0.3, 0.4) is 0 Å². The van der Waals surface area contributed by atoms with E-state index in [2.05, 4.69) is 46.7 Å². The molecule has 0 spiro atoms. The van der Waals surface area contributed by atoms with Gasteiger partial charge in [0, 0.05) is 40.9 Å². The monoisotopic (exact) mass is 454 g/mol. The van der Waals surface area contributed by atoms with E-state index >= 15 is 0 Å². The second-order valence-electron chi connectivity index (χ2n) is 8.48. The average Bonchev–Trinajstić information content (AvgIpc) is 3.53. The van der Waals surface area contributed by atoms with Crippen molar-refractivity contribution in [1.82, 2.24) is 25.0 Å². The van der Waals surface area contributed by atoms with Crippen LogP contribution in [0.1, 0.15) is 45.6 Å². The summed E-state index contributed by atoms with van der Waals surface area (Å²) in [5.74, 6) is 0.430. The lowest BCUT2D eigenvalue weighted by Crippen LogP contribution is -2.20. The zero-order valence-electron chi connectivity index (χ0n) is 17.7. The van der Waals surface area contributed by atoms with E-state index in [4.69, 9.17) is 4.98 Å². The second kappa shape index (κ2) is 8.64. The van der Waals surface area contributed by atoms with Crippen LogP contribution in [0, 0.1) is 5.92 Å². The number of aliphatic hydroxyl groups excluding tert-OH is 1. The third-order valence-electron chi connectivity index (χ3n) is 5.91. The Kier molecular flexibility index (Phi) is 5.73. The Morgan fingerprint density at radius 1 is 1.19 bits per heavy atom. The molecule has 0 amide bonds. The summed E-state index contributed by atoms with van der Waals surface area (Å²) < 4.78 is 2.00. The van der Waals surface area contributed by atoms with Crippen LogP contribution in [0.25, 0.3) is 31.2 Å². The SMILES string of the molecule is CC(C)Nc1c(-c2cn([C@H]3CC[C@H](CO)CC3)nn2)cnc2sc(-c3cncs3)cc12. The Morgan fingerprint density at radius 3 is 2.74 bits per heavy atom. The quantitative estimate of drug-likeness (QED) is 0.415. The third kappa shape index (κ3) is 4.09. The van der Waals surface area contributed by atoms with E-state index in [9.17, 15) is 5.11 Å². The number of aromatic nitrogens is 5. The van der Waals surface area contributed by atoms with Crippen molar-refractivity contribution in [2.75, 3.05) is 11.9 Å². The summed E-state index contributed by atoms with van der Waals surface area (Å²) >= 11 is 3.33. The number of hydrogen-bond acceptors (Lipinski definition) is 8. The molecule has 1 fully saturated rings. The van der Waals surface area contributed by atoms with E-state index in [-0.39, 0.29) is 12.6 Å². The maximum atomic E-state index is 9.40. The summed E-state index contributed by atoms with van der Waals surface area (Å²) in [4.78, 5) is 12.3. The molecular formula is C22H26N6OS2. The fourth-order valence-electron chi connectivity index (χ4n) is 4.26. The summed E-state index contributed by atoms with van der Waals surface area (Å²) in [6.07, 6.45) is 10.0. The molecule has 0 bridgehead atoms. The van der Waals surface area contributed by atoms with Gasteiger partial charge in [0.25, 0.3) is 0 Å².